The summed E-state index contributed by atoms with van der Waals surface area (Å²) in [7, 11) is 0. The number of aliphatic hydroxyl groups is 1. The van der Waals surface area contributed by atoms with Crippen LogP contribution in [0.15, 0.2) is 54.6 Å². The molecule has 4 rings (SSSR count). The summed E-state index contributed by atoms with van der Waals surface area (Å²) < 4.78 is 11.5. The molecular formula is C37H54N4O6. The zero-order chi connectivity index (χ0) is 33.5. The number of amides is 3. The van der Waals surface area contributed by atoms with E-state index in [9.17, 15) is 19.5 Å². The number of benzene rings is 2. The molecule has 1 aliphatic heterocycles. The zero-order valence-corrected chi connectivity index (χ0v) is 28.2. The molecule has 2 aromatic rings. The molecule has 1 saturated heterocycles. The number of morpholine rings is 1. The van der Waals surface area contributed by atoms with Crippen LogP contribution in [0.2, 0.25) is 0 Å². The number of rotatable bonds is 18. The number of nitrogens with one attached hydrogen (secondary N) is 3. The monoisotopic (exact) mass is 650 g/mol. The molecular weight excluding hydrogens is 596 g/mol. The van der Waals surface area contributed by atoms with Gasteiger partial charge in [-0.15, -0.1) is 0 Å². The third-order valence-corrected chi connectivity index (χ3v) is 9.10. The highest BCUT2D eigenvalue weighted by atomic mass is 16.5. The molecule has 2 atom stereocenters. The van der Waals surface area contributed by atoms with Gasteiger partial charge in [0.25, 0.3) is 0 Å². The van der Waals surface area contributed by atoms with Crippen molar-refractivity contribution in [2.24, 2.45) is 5.41 Å². The lowest BCUT2D eigenvalue weighted by molar-refractivity contribution is -0.135. The summed E-state index contributed by atoms with van der Waals surface area (Å²) in [6.07, 6.45) is 6.49. The van der Waals surface area contributed by atoms with Crippen molar-refractivity contribution in [3.8, 4) is 5.75 Å². The first-order valence-corrected chi connectivity index (χ1v) is 17.3. The average Bonchev–Trinajstić information content (AvgIpc) is 3.59. The third kappa shape index (κ3) is 12.2. The summed E-state index contributed by atoms with van der Waals surface area (Å²) in [5, 5.41) is 18.5. The minimum Gasteiger partial charge on any atom is -0.489 e. The second-order valence-corrected chi connectivity index (χ2v) is 13.5. The number of unbranched alkanes of at least 4 members (excludes halogenated alkanes) is 1. The largest absolute Gasteiger partial charge is 0.489 e. The first-order valence-electron chi connectivity index (χ1n) is 17.3. The highest BCUT2D eigenvalue weighted by Crippen LogP contribution is 2.26. The Labute approximate surface area is 280 Å². The second kappa shape index (κ2) is 18.8. The molecule has 1 saturated carbocycles. The van der Waals surface area contributed by atoms with Crippen LogP contribution in [0.25, 0.3) is 0 Å². The number of ether oxygens (including phenoxy) is 2. The van der Waals surface area contributed by atoms with E-state index in [2.05, 4.69) is 20.9 Å². The molecule has 1 heterocycles. The number of carbonyl (C=O) groups excluding carboxylic acids is 3. The van der Waals surface area contributed by atoms with Gasteiger partial charge in [0.2, 0.25) is 17.7 Å². The van der Waals surface area contributed by atoms with E-state index in [-0.39, 0.29) is 30.4 Å². The van der Waals surface area contributed by atoms with Crippen molar-refractivity contribution in [1.29, 1.82) is 0 Å². The van der Waals surface area contributed by atoms with Gasteiger partial charge in [0.15, 0.2) is 0 Å². The molecule has 2 aliphatic rings. The van der Waals surface area contributed by atoms with Gasteiger partial charge in [-0.2, -0.15) is 0 Å². The van der Waals surface area contributed by atoms with Crippen LogP contribution in [0.5, 0.6) is 5.75 Å². The van der Waals surface area contributed by atoms with E-state index in [0.717, 1.165) is 55.6 Å². The molecule has 258 valence electrons. The molecule has 1 aliphatic carbocycles. The van der Waals surface area contributed by atoms with Gasteiger partial charge < -0.3 is 30.5 Å². The average molecular weight is 651 g/mol. The van der Waals surface area contributed by atoms with Gasteiger partial charge in [-0.25, -0.2) is 0 Å². The van der Waals surface area contributed by atoms with E-state index >= 15 is 0 Å². The van der Waals surface area contributed by atoms with Crippen LogP contribution in [0.3, 0.4) is 0 Å². The summed E-state index contributed by atoms with van der Waals surface area (Å²) in [6, 6.07) is 16.3. The van der Waals surface area contributed by atoms with Crippen LogP contribution < -0.4 is 20.7 Å². The molecule has 3 amide bonds. The third-order valence-electron chi connectivity index (χ3n) is 9.10. The number of hydrogen-bond donors (Lipinski definition) is 4. The summed E-state index contributed by atoms with van der Waals surface area (Å²) >= 11 is 0. The van der Waals surface area contributed by atoms with Gasteiger partial charge >= 0.3 is 0 Å². The Bertz CT molecular complexity index is 1260. The zero-order valence-electron chi connectivity index (χ0n) is 28.2. The Morgan fingerprint density at radius 2 is 1.62 bits per heavy atom. The molecule has 10 nitrogen and oxygen atoms in total. The van der Waals surface area contributed by atoms with Crippen LogP contribution in [0.1, 0.15) is 76.3 Å². The first kappa shape index (κ1) is 36.4. The van der Waals surface area contributed by atoms with E-state index in [0.29, 0.717) is 58.5 Å². The Hall–Kier alpha value is -3.47. The van der Waals surface area contributed by atoms with Gasteiger partial charge in [0.1, 0.15) is 24.4 Å². The smallest absolute Gasteiger partial charge is 0.243 e. The molecule has 47 heavy (non-hydrogen) atoms. The highest BCUT2D eigenvalue weighted by Gasteiger charge is 2.34. The SMILES string of the molecule is CC(C)(Cc1cccc(OCc2ccccc2)c1)C(=O)N[C@@H](CCN1CCOCC1)C(=O)N[C@@H](CCCCO)C(=O)NC1CCCC1. The lowest BCUT2D eigenvalue weighted by Gasteiger charge is -2.31. The summed E-state index contributed by atoms with van der Waals surface area (Å²) in [5.41, 5.74) is 1.21. The fourth-order valence-electron chi connectivity index (χ4n) is 6.21. The summed E-state index contributed by atoms with van der Waals surface area (Å²) in [5.74, 6) is -0.0682. The molecule has 2 fully saturated rings. The van der Waals surface area contributed by atoms with Crippen LogP contribution in [0, 0.1) is 5.41 Å². The van der Waals surface area contributed by atoms with Crippen molar-refractivity contribution >= 4 is 17.7 Å². The molecule has 0 bridgehead atoms. The predicted molar refractivity (Wildman–Crippen MR) is 182 cm³/mol. The van der Waals surface area contributed by atoms with Crippen molar-refractivity contribution in [1.82, 2.24) is 20.9 Å². The van der Waals surface area contributed by atoms with Gasteiger partial charge in [-0.05, 0) is 68.2 Å². The maximum Gasteiger partial charge on any atom is 0.243 e. The fraction of sp³-hybridized carbons (Fsp3) is 0.595. The molecule has 2 aromatic carbocycles. The molecule has 0 unspecified atom stereocenters. The Balaban J connectivity index is 1.42. The fourth-order valence-corrected chi connectivity index (χ4v) is 6.21. The lowest BCUT2D eigenvalue weighted by Crippen LogP contribution is -2.56. The predicted octanol–water partition coefficient (Wildman–Crippen LogP) is 3.75. The Morgan fingerprint density at radius 3 is 2.34 bits per heavy atom. The summed E-state index contributed by atoms with van der Waals surface area (Å²) in [4.78, 5) is 43.2. The van der Waals surface area contributed by atoms with Crippen LogP contribution >= 0.6 is 0 Å². The van der Waals surface area contributed by atoms with E-state index < -0.39 is 17.5 Å². The topological polar surface area (TPSA) is 129 Å². The molecule has 4 N–H and O–H groups in total. The number of aliphatic hydroxyl groups excluding tert-OH is 1. The molecule has 0 aromatic heterocycles. The lowest BCUT2D eigenvalue weighted by atomic mass is 9.84. The van der Waals surface area contributed by atoms with Crippen LogP contribution in [-0.2, 0) is 32.1 Å². The van der Waals surface area contributed by atoms with Gasteiger partial charge in [0, 0.05) is 37.7 Å². The van der Waals surface area contributed by atoms with Gasteiger partial charge in [-0.1, -0.05) is 69.2 Å². The standard InChI is InChI=1S/C37H54N4O6/c1-37(2,26-29-13-10-16-31(25-29)47-27-28-11-4-3-5-12-28)36(45)40-33(18-19-41-20-23-46-24-21-41)35(44)39-32(17-8-9-22-42)34(43)38-30-14-6-7-15-30/h3-5,10-13,16,25,30,32-33,42H,6-9,14-15,17-24,26-27H2,1-2H3,(H,38,43)(H,39,44)(H,40,45)/t32-,33-/m0/s1. The number of nitrogens with zero attached hydrogens (tertiary/aromatic N) is 1. The normalized spacial score (nSPS) is 17.1. The number of hydrogen-bond acceptors (Lipinski definition) is 7. The van der Waals surface area contributed by atoms with E-state index in [1.165, 1.54) is 0 Å². The van der Waals surface area contributed by atoms with Crippen LogP contribution in [-0.4, -0.2) is 85.3 Å². The highest BCUT2D eigenvalue weighted by molar-refractivity contribution is 5.93. The minimum absolute atomic E-state index is 0.0281. The minimum atomic E-state index is -0.823. The Kier molecular flexibility index (Phi) is 14.5. The van der Waals surface area contributed by atoms with Gasteiger partial charge in [0.05, 0.1) is 13.2 Å². The quantitative estimate of drug-likeness (QED) is 0.181. The molecule has 0 spiro atoms. The van der Waals surface area contributed by atoms with Crippen molar-refractivity contribution in [3.63, 3.8) is 0 Å². The summed E-state index contributed by atoms with van der Waals surface area (Å²) in [6.45, 7) is 7.67. The number of carbonyl (C=O) groups is 3. The van der Waals surface area contributed by atoms with E-state index in [1.54, 1.807) is 0 Å². The maximum atomic E-state index is 13.8. The van der Waals surface area contributed by atoms with E-state index in [4.69, 9.17) is 9.47 Å². The maximum absolute atomic E-state index is 13.8. The first-order chi connectivity index (χ1) is 22.7. The van der Waals surface area contributed by atoms with Gasteiger partial charge in [-0.3, -0.25) is 19.3 Å². The Morgan fingerprint density at radius 1 is 0.915 bits per heavy atom. The van der Waals surface area contributed by atoms with Crippen molar-refractivity contribution < 1.29 is 29.0 Å². The van der Waals surface area contributed by atoms with Crippen LogP contribution in [0.4, 0.5) is 0 Å². The molecule has 0 radical (unpaired) electrons. The van der Waals surface area contributed by atoms with Crippen molar-refractivity contribution in [2.45, 2.75) is 96.4 Å². The second-order valence-electron chi connectivity index (χ2n) is 13.5. The van der Waals surface area contributed by atoms with Crippen molar-refractivity contribution in [2.75, 3.05) is 39.5 Å². The van der Waals surface area contributed by atoms with Crippen molar-refractivity contribution in [3.05, 3.63) is 65.7 Å². The van der Waals surface area contributed by atoms with E-state index in [1.807, 2.05) is 68.4 Å². The molecule has 10 heteroatoms.